The van der Waals surface area contributed by atoms with Gasteiger partial charge in [-0.1, -0.05) is 44.2 Å². The standard InChI is InChI=1S/C25H27N3O3S/c1-15(2)23-22(18-8-5-9-20(13-18)31-3)28-25(32-23)27-14-19(24(29)30)12-17-7-4-6-16-10-11-26-21(16)17/h4-11,13,15,19,26H,12,14H2,1-3H3,(H,27,28)(H,29,30). The number of rotatable bonds is 9. The number of aromatic amines is 1. The van der Waals surface area contributed by atoms with Gasteiger partial charge in [-0.3, -0.25) is 4.79 Å². The highest BCUT2D eigenvalue weighted by atomic mass is 32.1. The van der Waals surface area contributed by atoms with Crippen molar-refractivity contribution in [1.82, 2.24) is 9.97 Å². The zero-order valence-electron chi connectivity index (χ0n) is 18.4. The Morgan fingerprint density at radius 2 is 2.03 bits per heavy atom. The van der Waals surface area contributed by atoms with Crippen LogP contribution in [0.25, 0.3) is 22.2 Å². The monoisotopic (exact) mass is 449 g/mol. The first-order valence-electron chi connectivity index (χ1n) is 10.6. The number of carbonyl (C=O) groups is 1. The van der Waals surface area contributed by atoms with Gasteiger partial charge < -0.3 is 20.1 Å². The molecule has 7 heteroatoms. The van der Waals surface area contributed by atoms with Crippen molar-refractivity contribution in [2.24, 2.45) is 5.92 Å². The lowest BCUT2D eigenvalue weighted by Crippen LogP contribution is -2.25. The van der Waals surface area contributed by atoms with Crippen LogP contribution in [-0.4, -0.2) is 34.7 Å². The van der Waals surface area contributed by atoms with Crippen LogP contribution in [0.4, 0.5) is 5.13 Å². The van der Waals surface area contributed by atoms with Gasteiger partial charge in [-0.05, 0) is 41.5 Å². The van der Waals surface area contributed by atoms with Gasteiger partial charge in [0.2, 0.25) is 0 Å². The summed E-state index contributed by atoms with van der Waals surface area (Å²) in [5.41, 5.74) is 3.90. The quantitative estimate of drug-likeness (QED) is 0.302. The molecule has 0 spiro atoms. The van der Waals surface area contributed by atoms with Crippen LogP contribution in [0.15, 0.2) is 54.7 Å². The van der Waals surface area contributed by atoms with Gasteiger partial charge in [0, 0.05) is 28.7 Å². The van der Waals surface area contributed by atoms with Crippen molar-refractivity contribution in [1.29, 1.82) is 0 Å². The molecule has 2 heterocycles. The number of benzene rings is 2. The molecule has 0 amide bonds. The first-order chi connectivity index (χ1) is 15.5. The normalized spacial score (nSPS) is 12.2. The summed E-state index contributed by atoms with van der Waals surface area (Å²) in [4.78, 5) is 21.2. The van der Waals surface area contributed by atoms with Crippen LogP contribution in [0, 0.1) is 5.92 Å². The van der Waals surface area contributed by atoms with Crippen LogP contribution in [0.2, 0.25) is 0 Å². The molecule has 0 saturated carbocycles. The number of ether oxygens (including phenoxy) is 1. The van der Waals surface area contributed by atoms with E-state index in [-0.39, 0.29) is 0 Å². The Balaban J connectivity index is 1.55. The van der Waals surface area contributed by atoms with Gasteiger partial charge >= 0.3 is 5.97 Å². The third-order valence-electron chi connectivity index (χ3n) is 5.51. The Kier molecular flexibility index (Phi) is 6.46. The van der Waals surface area contributed by atoms with Crippen LogP contribution in [0.3, 0.4) is 0 Å². The van der Waals surface area contributed by atoms with Crippen LogP contribution in [0.5, 0.6) is 5.75 Å². The van der Waals surface area contributed by atoms with Gasteiger partial charge in [-0.2, -0.15) is 0 Å². The van der Waals surface area contributed by atoms with E-state index in [2.05, 4.69) is 24.1 Å². The van der Waals surface area contributed by atoms with Crippen molar-refractivity contribution in [2.75, 3.05) is 19.0 Å². The van der Waals surface area contributed by atoms with Gasteiger partial charge in [-0.15, -0.1) is 11.3 Å². The molecule has 4 aromatic rings. The fourth-order valence-electron chi connectivity index (χ4n) is 3.82. The van der Waals surface area contributed by atoms with Gasteiger partial charge in [-0.25, -0.2) is 4.98 Å². The molecule has 1 atom stereocenters. The number of nitrogens with one attached hydrogen (secondary N) is 2. The molecule has 0 saturated heterocycles. The Bertz CT molecular complexity index is 1230. The highest BCUT2D eigenvalue weighted by Crippen LogP contribution is 2.37. The molecule has 0 aliphatic heterocycles. The lowest BCUT2D eigenvalue weighted by molar-refractivity contribution is -0.141. The van der Waals surface area contributed by atoms with Gasteiger partial charge in [0.1, 0.15) is 5.75 Å². The van der Waals surface area contributed by atoms with Crippen LogP contribution < -0.4 is 10.1 Å². The number of methoxy groups -OCH3 is 1. The molecule has 0 radical (unpaired) electrons. The molecule has 0 aliphatic carbocycles. The third kappa shape index (κ3) is 4.62. The zero-order valence-corrected chi connectivity index (χ0v) is 19.2. The second-order valence-electron chi connectivity index (χ2n) is 8.10. The molecule has 166 valence electrons. The Morgan fingerprint density at radius 3 is 2.78 bits per heavy atom. The van der Waals surface area contributed by atoms with Crippen LogP contribution >= 0.6 is 11.3 Å². The number of nitrogens with zero attached hydrogens (tertiary/aromatic N) is 1. The SMILES string of the molecule is COc1cccc(-c2nc(NCC(Cc3cccc4cc[nH]c34)C(=O)O)sc2C(C)C)c1. The average molecular weight is 450 g/mol. The summed E-state index contributed by atoms with van der Waals surface area (Å²) in [6.07, 6.45) is 2.32. The third-order valence-corrected chi connectivity index (χ3v) is 6.82. The first kappa shape index (κ1) is 21.9. The van der Waals surface area contributed by atoms with Gasteiger partial charge in [0.05, 0.1) is 18.7 Å². The van der Waals surface area contributed by atoms with E-state index in [4.69, 9.17) is 9.72 Å². The maximum atomic E-state index is 12.0. The molecule has 3 N–H and O–H groups in total. The highest BCUT2D eigenvalue weighted by molar-refractivity contribution is 7.16. The lowest BCUT2D eigenvalue weighted by Gasteiger charge is -2.13. The second-order valence-corrected chi connectivity index (χ2v) is 9.13. The molecule has 4 rings (SSSR count). The van der Waals surface area contributed by atoms with Crippen molar-refractivity contribution in [3.63, 3.8) is 0 Å². The van der Waals surface area contributed by atoms with E-state index < -0.39 is 11.9 Å². The van der Waals surface area contributed by atoms with E-state index >= 15 is 0 Å². The van der Waals surface area contributed by atoms with Gasteiger partial charge in [0.25, 0.3) is 0 Å². The number of anilines is 1. The lowest BCUT2D eigenvalue weighted by atomic mass is 9.98. The van der Waals surface area contributed by atoms with Crippen molar-refractivity contribution < 1.29 is 14.6 Å². The Labute approximate surface area is 191 Å². The number of aliphatic carboxylic acids is 1. The average Bonchev–Trinajstić information content (AvgIpc) is 3.44. The summed E-state index contributed by atoms with van der Waals surface area (Å²) in [5.74, 6) is -0.320. The highest BCUT2D eigenvalue weighted by Gasteiger charge is 2.22. The number of aromatic nitrogens is 2. The van der Waals surface area contributed by atoms with Crippen molar-refractivity contribution in [3.8, 4) is 17.0 Å². The fraction of sp³-hybridized carbons (Fsp3) is 0.280. The van der Waals surface area contributed by atoms with E-state index in [9.17, 15) is 9.90 Å². The van der Waals surface area contributed by atoms with Crippen molar-refractivity contribution in [3.05, 3.63) is 65.2 Å². The number of hydrogen-bond donors (Lipinski definition) is 3. The second kappa shape index (κ2) is 9.44. The summed E-state index contributed by atoms with van der Waals surface area (Å²) >= 11 is 1.58. The van der Waals surface area contributed by atoms with E-state index in [0.29, 0.717) is 18.9 Å². The van der Waals surface area contributed by atoms with Crippen molar-refractivity contribution in [2.45, 2.75) is 26.2 Å². The minimum absolute atomic E-state index is 0.296. The molecule has 1 unspecified atom stereocenters. The number of H-pyrrole nitrogens is 1. The van der Waals surface area contributed by atoms with Crippen LogP contribution in [0.1, 0.15) is 30.2 Å². The molecule has 2 aromatic carbocycles. The molecule has 0 fully saturated rings. The molecule has 0 bridgehead atoms. The number of para-hydroxylation sites is 1. The maximum Gasteiger partial charge on any atom is 0.308 e. The topological polar surface area (TPSA) is 87.2 Å². The van der Waals surface area contributed by atoms with Crippen molar-refractivity contribution >= 4 is 33.3 Å². The minimum atomic E-state index is -0.824. The number of hydrogen-bond acceptors (Lipinski definition) is 5. The van der Waals surface area contributed by atoms with E-state index in [1.807, 2.05) is 54.7 Å². The summed E-state index contributed by atoms with van der Waals surface area (Å²) < 4.78 is 5.36. The maximum absolute atomic E-state index is 12.0. The Hall–Kier alpha value is -3.32. The summed E-state index contributed by atoms with van der Waals surface area (Å²) in [7, 11) is 1.65. The number of carboxylic acids is 1. The Morgan fingerprint density at radius 1 is 1.22 bits per heavy atom. The summed E-state index contributed by atoms with van der Waals surface area (Å²) in [6, 6.07) is 15.8. The zero-order chi connectivity index (χ0) is 22.7. The molecular formula is C25H27N3O3S. The molecular weight excluding hydrogens is 422 g/mol. The van der Waals surface area contributed by atoms with E-state index in [0.717, 1.165) is 43.5 Å². The minimum Gasteiger partial charge on any atom is -0.497 e. The number of fused-ring (bicyclic) bond motifs is 1. The molecule has 0 aliphatic rings. The number of carboxylic acid groups (broad SMARTS) is 1. The van der Waals surface area contributed by atoms with Crippen LogP contribution in [-0.2, 0) is 11.2 Å². The molecule has 32 heavy (non-hydrogen) atoms. The predicted molar refractivity (Wildman–Crippen MR) is 130 cm³/mol. The number of thiazole rings is 1. The van der Waals surface area contributed by atoms with E-state index in [1.54, 1.807) is 18.4 Å². The smallest absolute Gasteiger partial charge is 0.308 e. The molecule has 6 nitrogen and oxygen atoms in total. The van der Waals surface area contributed by atoms with E-state index in [1.165, 1.54) is 0 Å². The predicted octanol–water partition coefficient (Wildman–Crippen LogP) is 5.78. The summed E-state index contributed by atoms with van der Waals surface area (Å²) in [6.45, 7) is 4.57. The first-order valence-corrected chi connectivity index (χ1v) is 11.4. The summed E-state index contributed by atoms with van der Waals surface area (Å²) in [5, 5.41) is 14.9. The molecule has 2 aromatic heterocycles. The largest absolute Gasteiger partial charge is 0.497 e. The fourth-order valence-corrected chi connectivity index (χ4v) is 4.82. The van der Waals surface area contributed by atoms with Gasteiger partial charge in [0.15, 0.2) is 5.13 Å².